The van der Waals surface area contributed by atoms with Crippen molar-refractivity contribution >= 4 is 19.7 Å². The Bertz CT molecular complexity index is 190. The Morgan fingerprint density at radius 2 is 2.12 bits per heavy atom. The minimum atomic E-state index is -3.44. The first kappa shape index (κ1) is 7.73. The van der Waals surface area contributed by atoms with Crippen LogP contribution in [0.15, 0.2) is 0 Å². The first-order valence-corrected chi connectivity index (χ1v) is 4.33. The van der Waals surface area contributed by atoms with E-state index in [1.165, 1.54) is 0 Å². The van der Waals surface area contributed by atoms with Crippen LogP contribution in [0.25, 0.3) is 0 Å². The topological polar surface area (TPSA) is 57.9 Å². The molecule has 0 aromatic rings. The molecule has 0 aromatic carbocycles. The molecule has 3 nitrogen and oxygen atoms in total. The zero-order valence-corrected chi connectivity index (χ0v) is 5.54. The summed E-state index contributed by atoms with van der Waals surface area (Å²) in [5.74, 6) is -0.259. The predicted octanol–water partition coefficient (Wildman–Crippen LogP) is 0.469. The van der Waals surface area contributed by atoms with Gasteiger partial charge in [-0.3, -0.25) is 0 Å². The van der Waals surface area contributed by atoms with Gasteiger partial charge in [-0.1, -0.05) is 0 Å². The predicted molar refractivity (Wildman–Crippen MR) is 29.9 cm³/mol. The third-order valence-corrected chi connectivity index (χ3v) is 1.61. The maximum Gasteiger partial charge on any atom is 0.233 e. The highest BCUT2D eigenvalue weighted by molar-refractivity contribution is 8.13. The number of nitrogens with zero attached hydrogens (tertiary/aromatic N) is 1. The standard InChI is InChI=1S/C3H4ClNO2S/c4-8(6,7)3-1-2-5/h1,3H2. The first-order valence-electron chi connectivity index (χ1n) is 1.85. The van der Waals surface area contributed by atoms with E-state index in [1.54, 1.807) is 6.07 Å². The van der Waals surface area contributed by atoms with Crippen molar-refractivity contribution in [1.82, 2.24) is 0 Å². The molecule has 5 heteroatoms. The Kier molecular flexibility index (Phi) is 2.80. The number of halogens is 1. The van der Waals surface area contributed by atoms with Crippen LogP contribution in [0.1, 0.15) is 6.42 Å². The van der Waals surface area contributed by atoms with Crippen molar-refractivity contribution in [3.63, 3.8) is 0 Å². The van der Waals surface area contributed by atoms with E-state index in [0.717, 1.165) is 0 Å². The maximum atomic E-state index is 10.0. The van der Waals surface area contributed by atoms with Gasteiger partial charge in [-0.25, -0.2) is 8.42 Å². The van der Waals surface area contributed by atoms with Gasteiger partial charge >= 0.3 is 0 Å². The summed E-state index contributed by atoms with van der Waals surface area (Å²) >= 11 is 0. The molecule has 8 heavy (non-hydrogen) atoms. The van der Waals surface area contributed by atoms with Crippen LogP contribution in [0.2, 0.25) is 0 Å². The van der Waals surface area contributed by atoms with Gasteiger partial charge in [-0.2, -0.15) is 5.26 Å². The van der Waals surface area contributed by atoms with E-state index < -0.39 is 9.05 Å². The van der Waals surface area contributed by atoms with E-state index in [0.29, 0.717) is 0 Å². The molecule has 0 spiro atoms. The second-order valence-electron chi connectivity index (χ2n) is 1.15. The summed E-state index contributed by atoms with van der Waals surface area (Å²) in [5.41, 5.74) is 0. The second kappa shape index (κ2) is 2.90. The Hall–Kier alpha value is -0.270. The Balaban J connectivity index is 3.63. The smallest absolute Gasteiger partial charge is 0.212 e. The van der Waals surface area contributed by atoms with Crippen molar-refractivity contribution < 1.29 is 8.42 Å². The fraction of sp³-hybridized carbons (Fsp3) is 0.667. The molecule has 0 amide bonds. The van der Waals surface area contributed by atoms with Crippen molar-refractivity contribution in [2.75, 3.05) is 5.75 Å². The van der Waals surface area contributed by atoms with E-state index in [9.17, 15) is 8.42 Å². The molecule has 0 rings (SSSR count). The molecule has 0 atom stereocenters. The molecule has 0 aliphatic rings. The number of nitriles is 1. The third kappa shape index (κ3) is 5.73. The summed E-state index contributed by atoms with van der Waals surface area (Å²) in [4.78, 5) is 0. The van der Waals surface area contributed by atoms with Crippen LogP contribution in [0.4, 0.5) is 0 Å². The van der Waals surface area contributed by atoms with Crippen molar-refractivity contribution in [1.29, 1.82) is 5.26 Å². The zero-order valence-electron chi connectivity index (χ0n) is 3.96. The lowest BCUT2D eigenvalue weighted by molar-refractivity contribution is 0.609. The highest BCUT2D eigenvalue weighted by atomic mass is 35.7. The molecule has 0 aromatic heterocycles. The monoisotopic (exact) mass is 153 g/mol. The van der Waals surface area contributed by atoms with Crippen LogP contribution in [0.5, 0.6) is 0 Å². The third-order valence-electron chi connectivity index (χ3n) is 0.458. The molecule has 0 N–H and O–H groups in total. The summed E-state index contributed by atoms with van der Waals surface area (Å²) in [5, 5.41) is 7.86. The number of hydrogen-bond acceptors (Lipinski definition) is 3. The van der Waals surface area contributed by atoms with Gasteiger partial charge in [0.15, 0.2) is 0 Å². The average Bonchev–Trinajstić information content (AvgIpc) is 1.59. The molecular weight excluding hydrogens is 150 g/mol. The van der Waals surface area contributed by atoms with Crippen LogP contribution < -0.4 is 0 Å². The van der Waals surface area contributed by atoms with Crippen molar-refractivity contribution in [2.45, 2.75) is 6.42 Å². The van der Waals surface area contributed by atoms with Crippen LogP contribution >= 0.6 is 10.7 Å². The molecule has 0 aliphatic carbocycles. The van der Waals surface area contributed by atoms with Crippen molar-refractivity contribution in [3.05, 3.63) is 0 Å². The van der Waals surface area contributed by atoms with Crippen LogP contribution in [0, 0.1) is 11.3 Å². The Morgan fingerprint density at radius 3 is 2.25 bits per heavy atom. The summed E-state index contributed by atoms with van der Waals surface area (Å²) in [6.45, 7) is 0. The summed E-state index contributed by atoms with van der Waals surface area (Å²) < 4.78 is 20.0. The van der Waals surface area contributed by atoms with Gasteiger partial charge in [-0.05, 0) is 0 Å². The van der Waals surface area contributed by atoms with Crippen LogP contribution in [-0.2, 0) is 9.05 Å². The van der Waals surface area contributed by atoms with E-state index in [1.807, 2.05) is 0 Å². The molecule has 0 saturated heterocycles. The van der Waals surface area contributed by atoms with E-state index in [2.05, 4.69) is 0 Å². The highest BCUT2D eigenvalue weighted by Gasteiger charge is 2.01. The largest absolute Gasteiger partial charge is 0.233 e. The van der Waals surface area contributed by atoms with E-state index in [4.69, 9.17) is 15.9 Å². The lowest BCUT2D eigenvalue weighted by Crippen LogP contribution is -1.94. The molecule has 0 unspecified atom stereocenters. The van der Waals surface area contributed by atoms with Crippen LogP contribution in [-0.4, -0.2) is 14.2 Å². The van der Waals surface area contributed by atoms with Gasteiger partial charge in [0.05, 0.1) is 18.2 Å². The number of hydrogen-bond donors (Lipinski definition) is 0. The molecule has 0 saturated carbocycles. The summed E-state index contributed by atoms with van der Waals surface area (Å²) in [6, 6.07) is 1.66. The normalized spacial score (nSPS) is 10.5. The van der Waals surface area contributed by atoms with Gasteiger partial charge in [0, 0.05) is 10.7 Å². The van der Waals surface area contributed by atoms with Crippen molar-refractivity contribution in [3.8, 4) is 6.07 Å². The van der Waals surface area contributed by atoms with Gasteiger partial charge < -0.3 is 0 Å². The van der Waals surface area contributed by atoms with Gasteiger partial charge in [0.25, 0.3) is 0 Å². The molecule has 46 valence electrons. The minimum Gasteiger partial charge on any atom is -0.212 e. The van der Waals surface area contributed by atoms with Gasteiger partial charge in [0.2, 0.25) is 9.05 Å². The number of rotatable bonds is 2. The summed E-state index contributed by atoms with van der Waals surface area (Å²) in [6.07, 6.45) is -0.0359. The second-order valence-corrected chi connectivity index (χ2v) is 4.05. The maximum absolute atomic E-state index is 10.0. The zero-order chi connectivity index (χ0) is 6.62. The molecular formula is C3H4ClNO2S. The quantitative estimate of drug-likeness (QED) is 0.542. The van der Waals surface area contributed by atoms with Crippen molar-refractivity contribution in [2.24, 2.45) is 0 Å². The first-order chi connectivity index (χ1) is 3.56. The van der Waals surface area contributed by atoms with Gasteiger partial charge in [-0.15, -0.1) is 0 Å². The summed E-state index contributed by atoms with van der Waals surface area (Å²) in [7, 11) is 1.30. The SMILES string of the molecule is N#CCCS(=O)(=O)Cl. The average molecular weight is 154 g/mol. The fourth-order valence-corrected chi connectivity index (χ4v) is 0.734. The lowest BCUT2D eigenvalue weighted by Gasteiger charge is -1.82. The minimum absolute atomic E-state index is 0.0359. The molecule has 0 aliphatic heterocycles. The molecule has 0 bridgehead atoms. The Morgan fingerprint density at radius 1 is 1.62 bits per heavy atom. The molecule has 0 radical (unpaired) electrons. The van der Waals surface area contributed by atoms with Crippen LogP contribution in [0.3, 0.4) is 0 Å². The Labute approximate surface area is 52.3 Å². The van der Waals surface area contributed by atoms with Gasteiger partial charge in [0.1, 0.15) is 0 Å². The lowest BCUT2D eigenvalue weighted by atomic mass is 10.6. The van der Waals surface area contributed by atoms with E-state index in [-0.39, 0.29) is 12.2 Å². The highest BCUT2D eigenvalue weighted by Crippen LogP contribution is 1.96. The van der Waals surface area contributed by atoms with E-state index >= 15 is 0 Å². The fourth-order valence-electron chi connectivity index (χ4n) is 0.168. The molecule has 0 heterocycles. The molecule has 0 fully saturated rings.